The van der Waals surface area contributed by atoms with Gasteiger partial charge in [-0.05, 0) is 17.2 Å². The van der Waals surface area contributed by atoms with E-state index in [0.29, 0.717) is 17.4 Å². The number of rotatable bonds is 4. The van der Waals surface area contributed by atoms with Crippen LogP contribution in [0.3, 0.4) is 0 Å². The molecule has 0 fully saturated rings. The minimum absolute atomic E-state index is 0.0120. The summed E-state index contributed by atoms with van der Waals surface area (Å²) < 4.78 is 19.2. The summed E-state index contributed by atoms with van der Waals surface area (Å²) >= 11 is 0. The summed E-state index contributed by atoms with van der Waals surface area (Å²) in [5.41, 5.74) is 9.02. The lowest BCUT2D eigenvalue weighted by Crippen LogP contribution is -2.29. The van der Waals surface area contributed by atoms with Gasteiger partial charge >= 0.3 is 0 Å². The lowest BCUT2D eigenvalue weighted by Gasteiger charge is -2.10. The van der Waals surface area contributed by atoms with Crippen LogP contribution < -0.4 is 5.73 Å². The average molecular weight is 352 g/mol. The van der Waals surface area contributed by atoms with E-state index in [1.54, 1.807) is 37.2 Å². The Balaban J connectivity index is 1.81. The predicted molar refractivity (Wildman–Crippen MR) is 101 cm³/mol. The number of nitrogens with two attached hydrogens (primary N) is 1. The maximum Gasteiger partial charge on any atom is 0.253 e. The highest BCUT2D eigenvalue weighted by molar-refractivity contribution is 5.79. The Morgan fingerprint density at radius 2 is 1.85 bits per heavy atom. The molecule has 1 atom stereocenters. The highest BCUT2D eigenvalue weighted by Crippen LogP contribution is 2.29. The molecule has 2 aromatic carbocycles. The number of guanidine groups is 1. The molecule has 134 valence electrons. The fourth-order valence-electron chi connectivity index (χ4n) is 2.57. The number of benzene rings is 2. The van der Waals surface area contributed by atoms with Gasteiger partial charge in [-0.25, -0.2) is 4.39 Å². The van der Waals surface area contributed by atoms with Crippen LogP contribution in [0.15, 0.2) is 64.1 Å². The molecule has 26 heavy (non-hydrogen) atoms. The van der Waals surface area contributed by atoms with Gasteiger partial charge in [0, 0.05) is 31.6 Å². The average Bonchev–Trinajstić information content (AvgIpc) is 3.10. The van der Waals surface area contributed by atoms with Crippen molar-refractivity contribution in [2.45, 2.75) is 12.8 Å². The lowest BCUT2D eigenvalue weighted by molar-refractivity contribution is 0.418. The molecular formula is C20H21FN4O. The summed E-state index contributed by atoms with van der Waals surface area (Å²) in [7, 11) is 3.60. The second-order valence-electron chi connectivity index (χ2n) is 6.28. The number of nitrogens with zero attached hydrogens (tertiary/aromatic N) is 3. The lowest BCUT2D eigenvalue weighted by atomic mass is 9.95. The van der Waals surface area contributed by atoms with Crippen LogP contribution in [0.5, 0.6) is 0 Å². The van der Waals surface area contributed by atoms with Crippen molar-refractivity contribution in [2.75, 3.05) is 14.1 Å². The molecule has 0 aliphatic carbocycles. The van der Waals surface area contributed by atoms with Crippen molar-refractivity contribution in [3.05, 3.63) is 71.7 Å². The number of aromatic nitrogens is 1. The topological polar surface area (TPSA) is 67.7 Å². The summed E-state index contributed by atoms with van der Waals surface area (Å²) in [5, 5.41) is 4.08. The van der Waals surface area contributed by atoms with Crippen molar-refractivity contribution < 1.29 is 8.91 Å². The van der Waals surface area contributed by atoms with Crippen LogP contribution in [0.25, 0.3) is 11.1 Å². The number of halogens is 1. The molecule has 1 unspecified atom stereocenters. The molecule has 0 saturated carbocycles. The zero-order chi connectivity index (χ0) is 18.7. The SMILES string of the molecule is CC(c1ccc(-c2ccccc2F)cc1)c1cc(/N=C(/N)N(C)C)on1. The molecule has 3 rings (SSSR count). The van der Waals surface area contributed by atoms with E-state index < -0.39 is 0 Å². The molecular weight excluding hydrogens is 331 g/mol. The standard InChI is InChI=1S/C20H21FN4O/c1-13(18-12-19(26-24-18)23-20(22)25(2)3)14-8-10-15(11-9-14)16-6-4-5-7-17(16)21/h4-13H,1-3H3,(H2,22,23). The maximum atomic E-state index is 13.9. The Hall–Kier alpha value is -3.15. The van der Waals surface area contributed by atoms with Crippen LogP contribution in [0.4, 0.5) is 10.3 Å². The first-order chi connectivity index (χ1) is 12.5. The van der Waals surface area contributed by atoms with Crippen molar-refractivity contribution in [2.24, 2.45) is 10.7 Å². The Kier molecular flexibility index (Phi) is 5.02. The zero-order valence-electron chi connectivity index (χ0n) is 15.0. The summed E-state index contributed by atoms with van der Waals surface area (Å²) in [6.45, 7) is 2.03. The molecule has 0 aliphatic heterocycles. The summed E-state index contributed by atoms with van der Waals surface area (Å²) in [6, 6.07) is 16.3. The van der Waals surface area contributed by atoms with Gasteiger partial charge in [0.05, 0.1) is 5.69 Å². The molecule has 1 aromatic heterocycles. The van der Waals surface area contributed by atoms with E-state index in [0.717, 1.165) is 16.8 Å². The Bertz CT molecular complexity index is 916. The fourth-order valence-corrected chi connectivity index (χ4v) is 2.57. The van der Waals surface area contributed by atoms with E-state index in [4.69, 9.17) is 10.3 Å². The molecule has 0 radical (unpaired) electrons. The van der Waals surface area contributed by atoms with Gasteiger partial charge in [-0.15, -0.1) is 0 Å². The molecule has 0 bridgehead atoms. The smallest absolute Gasteiger partial charge is 0.253 e. The van der Waals surface area contributed by atoms with E-state index in [-0.39, 0.29) is 11.7 Å². The molecule has 2 N–H and O–H groups in total. The van der Waals surface area contributed by atoms with E-state index in [2.05, 4.69) is 10.1 Å². The van der Waals surface area contributed by atoms with Crippen molar-refractivity contribution in [3.63, 3.8) is 0 Å². The summed E-state index contributed by atoms with van der Waals surface area (Å²) in [6.07, 6.45) is 0. The van der Waals surface area contributed by atoms with Crippen molar-refractivity contribution in [1.82, 2.24) is 10.1 Å². The Labute approximate surface area is 151 Å². The summed E-state index contributed by atoms with van der Waals surface area (Å²) in [5.74, 6) is 0.486. The third kappa shape index (κ3) is 3.74. The Morgan fingerprint density at radius 1 is 1.15 bits per heavy atom. The largest absolute Gasteiger partial charge is 0.369 e. The van der Waals surface area contributed by atoms with Gasteiger partial charge in [0.1, 0.15) is 5.82 Å². The Morgan fingerprint density at radius 3 is 2.50 bits per heavy atom. The van der Waals surface area contributed by atoms with Gasteiger partial charge < -0.3 is 15.2 Å². The normalized spacial score (nSPS) is 12.8. The van der Waals surface area contributed by atoms with Crippen molar-refractivity contribution >= 4 is 11.8 Å². The van der Waals surface area contributed by atoms with Gasteiger partial charge in [-0.1, -0.05) is 54.5 Å². The molecule has 0 saturated heterocycles. The van der Waals surface area contributed by atoms with Crippen molar-refractivity contribution in [3.8, 4) is 11.1 Å². The minimum atomic E-state index is -0.231. The maximum absolute atomic E-state index is 13.9. The van der Waals surface area contributed by atoms with Gasteiger partial charge in [0.2, 0.25) is 0 Å². The molecule has 0 aliphatic rings. The number of aliphatic imine (C=N–C) groups is 1. The van der Waals surface area contributed by atoms with E-state index in [1.807, 2.05) is 37.3 Å². The van der Waals surface area contributed by atoms with Crippen LogP contribution >= 0.6 is 0 Å². The number of hydrogen-bond donors (Lipinski definition) is 1. The molecule has 1 heterocycles. The predicted octanol–water partition coefficient (Wildman–Crippen LogP) is 4.14. The summed E-state index contributed by atoms with van der Waals surface area (Å²) in [4.78, 5) is 5.86. The van der Waals surface area contributed by atoms with Crippen LogP contribution in [-0.4, -0.2) is 30.1 Å². The third-order valence-electron chi connectivity index (χ3n) is 4.24. The van der Waals surface area contributed by atoms with Gasteiger partial charge in [0.15, 0.2) is 5.96 Å². The minimum Gasteiger partial charge on any atom is -0.369 e. The third-order valence-corrected chi connectivity index (χ3v) is 4.24. The highest BCUT2D eigenvalue weighted by atomic mass is 19.1. The second-order valence-corrected chi connectivity index (χ2v) is 6.28. The van der Waals surface area contributed by atoms with Crippen LogP contribution in [0.1, 0.15) is 24.1 Å². The monoisotopic (exact) mass is 352 g/mol. The molecule has 6 heteroatoms. The van der Waals surface area contributed by atoms with E-state index >= 15 is 0 Å². The van der Waals surface area contributed by atoms with Gasteiger partial charge in [-0.2, -0.15) is 4.99 Å². The van der Waals surface area contributed by atoms with Gasteiger partial charge in [-0.3, -0.25) is 0 Å². The van der Waals surface area contributed by atoms with Crippen LogP contribution in [0, 0.1) is 5.82 Å². The van der Waals surface area contributed by atoms with Crippen LogP contribution in [0.2, 0.25) is 0 Å². The zero-order valence-corrected chi connectivity index (χ0v) is 15.0. The van der Waals surface area contributed by atoms with Crippen molar-refractivity contribution in [1.29, 1.82) is 0 Å². The van der Waals surface area contributed by atoms with E-state index in [9.17, 15) is 4.39 Å². The van der Waals surface area contributed by atoms with E-state index in [1.165, 1.54) is 6.07 Å². The fraction of sp³-hybridized carbons (Fsp3) is 0.200. The first-order valence-corrected chi connectivity index (χ1v) is 8.28. The number of hydrogen-bond acceptors (Lipinski definition) is 3. The second kappa shape index (κ2) is 7.39. The highest BCUT2D eigenvalue weighted by Gasteiger charge is 2.15. The first-order valence-electron chi connectivity index (χ1n) is 8.28. The molecule has 0 spiro atoms. The first kappa shape index (κ1) is 17.7. The molecule has 5 nitrogen and oxygen atoms in total. The molecule has 0 amide bonds. The molecule has 3 aromatic rings. The van der Waals surface area contributed by atoms with Gasteiger partial charge in [0.25, 0.3) is 5.88 Å². The quantitative estimate of drug-likeness (QED) is 0.566. The van der Waals surface area contributed by atoms with Crippen LogP contribution in [-0.2, 0) is 0 Å².